The smallest absolute Gasteiger partial charge is 0.254 e. The van der Waals surface area contributed by atoms with Gasteiger partial charge in [0.2, 0.25) is 0 Å². The number of fused-ring (bicyclic) bond motifs is 1. The Balaban J connectivity index is 1.51. The van der Waals surface area contributed by atoms with E-state index in [9.17, 15) is 4.79 Å². The largest absolute Gasteiger partial charge is 0.493 e. The molecular formula is C21H22N2O3. The molecule has 0 atom stereocenters. The number of carbonyl (C=O) groups excluding carboxylic acids is 1. The van der Waals surface area contributed by atoms with Gasteiger partial charge in [0.05, 0.1) is 18.3 Å². The van der Waals surface area contributed by atoms with Gasteiger partial charge in [-0.3, -0.25) is 4.79 Å². The third-order valence-corrected chi connectivity index (χ3v) is 4.77. The van der Waals surface area contributed by atoms with Crippen LogP contribution in [0.5, 0.6) is 5.75 Å². The zero-order chi connectivity index (χ0) is 17.9. The van der Waals surface area contributed by atoms with Crippen molar-refractivity contribution in [3.63, 3.8) is 0 Å². The van der Waals surface area contributed by atoms with Crippen LogP contribution in [0.2, 0.25) is 0 Å². The number of amides is 1. The summed E-state index contributed by atoms with van der Waals surface area (Å²) < 4.78 is 11.2. The lowest BCUT2D eigenvalue weighted by Crippen LogP contribution is -2.48. The number of hydrogen-bond acceptors (Lipinski definition) is 4. The number of benzene rings is 2. The summed E-state index contributed by atoms with van der Waals surface area (Å²) in [6.45, 7) is 5.55. The average Bonchev–Trinajstić information content (AvgIpc) is 3.17. The maximum Gasteiger partial charge on any atom is 0.254 e. The molecular weight excluding hydrogens is 328 g/mol. The molecule has 2 aromatic carbocycles. The van der Waals surface area contributed by atoms with Gasteiger partial charge in [0, 0.05) is 37.4 Å². The summed E-state index contributed by atoms with van der Waals surface area (Å²) in [7, 11) is 0. The predicted molar refractivity (Wildman–Crippen MR) is 102 cm³/mol. The highest BCUT2D eigenvalue weighted by Gasteiger charge is 2.23. The number of ether oxygens (including phenoxy) is 1. The molecule has 5 heteroatoms. The number of anilines is 1. The highest BCUT2D eigenvalue weighted by atomic mass is 16.5. The summed E-state index contributed by atoms with van der Waals surface area (Å²) in [5.41, 5.74) is 2.50. The molecule has 134 valence electrons. The average molecular weight is 350 g/mol. The van der Waals surface area contributed by atoms with E-state index in [0.29, 0.717) is 36.6 Å². The van der Waals surface area contributed by atoms with Crippen LogP contribution in [0.3, 0.4) is 0 Å². The van der Waals surface area contributed by atoms with E-state index in [1.54, 1.807) is 6.26 Å². The summed E-state index contributed by atoms with van der Waals surface area (Å²) in [4.78, 5) is 17.2. The van der Waals surface area contributed by atoms with E-state index >= 15 is 0 Å². The summed E-state index contributed by atoms with van der Waals surface area (Å²) in [5, 5.41) is 0.900. The van der Waals surface area contributed by atoms with Gasteiger partial charge in [0.15, 0.2) is 0 Å². The first-order valence-electron chi connectivity index (χ1n) is 8.99. The fraction of sp³-hybridized carbons (Fsp3) is 0.286. The fourth-order valence-corrected chi connectivity index (χ4v) is 3.43. The van der Waals surface area contributed by atoms with E-state index in [4.69, 9.17) is 9.15 Å². The first-order chi connectivity index (χ1) is 12.8. The third-order valence-electron chi connectivity index (χ3n) is 4.77. The summed E-state index contributed by atoms with van der Waals surface area (Å²) >= 11 is 0. The van der Waals surface area contributed by atoms with Gasteiger partial charge in [-0.15, -0.1) is 0 Å². The molecule has 1 aromatic heterocycles. The quantitative estimate of drug-likeness (QED) is 0.718. The Labute approximate surface area is 152 Å². The van der Waals surface area contributed by atoms with Crippen LogP contribution in [0.1, 0.15) is 17.3 Å². The zero-order valence-electron chi connectivity index (χ0n) is 14.9. The monoisotopic (exact) mass is 350 g/mol. The molecule has 4 rings (SSSR count). The van der Waals surface area contributed by atoms with Gasteiger partial charge in [-0.25, -0.2) is 0 Å². The molecule has 1 fully saturated rings. The van der Waals surface area contributed by atoms with Crippen LogP contribution in [-0.4, -0.2) is 43.6 Å². The maximum absolute atomic E-state index is 13.0. The van der Waals surface area contributed by atoms with Gasteiger partial charge in [-0.05, 0) is 37.3 Å². The van der Waals surface area contributed by atoms with Crippen LogP contribution in [0.15, 0.2) is 59.2 Å². The number of hydrogen-bond donors (Lipinski definition) is 0. The van der Waals surface area contributed by atoms with Gasteiger partial charge in [0.1, 0.15) is 11.3 Å². The Hall–Kier alpha value is -2.95. The summed E-state index contributed by atoms with van der Waals surface area (Å²) in [6, 6.07) is 15.8. The lowest BCUT2D eigenvalue weighted by atomic mass is 10.1. The number of furan rings is 1. The van der Waals surface area contributed by atoms with Crippen LogP contribution < -0.4 is 9.64 Å². The maximum atomic E-state index is 13.0. The first kappa shape index (κ1) is 16.5. The highest BCUT2D eigenvalue weighted by molar-refractivity contribution is 5.99. The molecule has 1 aliphatic heterocycles. The Kier molecular flexibility index (Phi) is 4.52. The van der Waals surface area contributed by atoms with E-state index in [2.05, 4.69) is 17.0 Å². The standard InChI is InChI=1S/C21H22N2O3/c1-2-25-19-14-16(15-20-18(19)8-13-26-20)21(24)23-11-9-22(10-12-23)17-6-4-3-5-7-17/h3-8,13-15H,2,9-12H2,1H3. The van der Waals surface area contributed by atoms with Crippen LogP contribution in [0, 0.1) is 0 Å². The predicted octanol–water partition coefficient (Wildman–Crippen LogP) is 3.79. The van der Waals surface area contributed by atoms with E-state index in [1.165, 1.54) is 5.69 Å². The molecule has 1 saturated heterocycles. The minimum atomic E-state index is 0.0250. The lowest BCUT2D eigenvalue weighted by Gasteiger charge is -2.36. The molecule has 2 heterocycles. The first-order valence-corrected chi connectivity index (χ1v) is 8.99. The molecule has 0 saturated carbocycles. The molecule has 0 unspecified atom stereocenters. The summed E-state index contributed by atoms with van der Waals surface area (Å²) in [6.07, 6.45) is 1.63. The van der Waals surface area contributed by atoms with Crippen molar-refractivity contribution in [2.45, 2.75) is 6.92 Å². The van der Waals surface area contributed by atoms with Crippen molar-refractivity contribution in [2.75, 3.05) is 37.7 Å². The Bertz CT molecular complexity index is 896. The van der Waals surface area contributed by atoms with Crippen LogP contribution in [0.4, 0.5) is 5.69 Å². The van der Waals surface area contributed by atoms with E-state index in [1.807, 2.05) is 48.2 Å². The van der Waals surface area contributed by atoms with Gasteiger partial charge >= 0.3 is 0 Å². The van der Waals surface area contributed by atoms with Crippen molar-refractivity contribution < 1.29 is 13.9 Å². The number of piperazine rings is 1. The highest BCUT2D eigenvalue weighted by Crippen LogP contribution is 2.29. The number of carbonyl (C=O) groups is 1. The minimum absolute atomic E-state index is 0.0250. The van der Waals surface area contributed by atoms with Crippen molar-refractivity contribution in [1.82, 2.24) is 4.90 Å². The van der Waals surface area contributed by atoms with E-state index in [0.717, 1.165) is 18.5 Å². The molecule has 1 amide bonds. The second kappa shape index (κ2) is 7.12. The topological polar surface area (TPSA) is 45.9 Å². The molecule has 0 aliphatic carbocycles. The van der Waals surface area contributed by atoms with Gasteiger partial charge < -0.3 is 19.0 Å². The Morgan fingerprint density at radius 3 is 2.58 bits per heavy atom. The van der Waals surface area contributed by atoms with Gasteiger partial charge in [-0.1, -0.05) is 18.2 Å². The number of nitrogens with zero attached hydrogens (tertiary/aromatic N) is 2. The minimum Gasteiger partial charge on any atom is -0.493 e. The van der Waals surface area contributed by atoms with Crippen LogP contribution in [-0.2, 0) is 0 Å². The molecule has 0 radical (unpaired) electrons. The van der Waals surface area contributed by atoms with Gasteiger partial charge in [-0.2, -0.15) is 0 Å². The Morgan fingerprint density at radius 2 is 1.85 bits per heavy atom. The second-order valence-corrected chi connectivity index (χ2v) is 6.35. The third kappa shape index (κ3) is 3.12. The number of para-hydroxylation sites is 1. The normalized spacial score (nSPS) is 14.7. The van der Waals surface area contributed by atoms with E-state index in [-0.39, 0.29) is 5.91 Å². The molecule has 26 heavy (non-hydrogen) atoms. The molecule has 5 nitrogen and oxygen atoms in total. The van der Waals surface area contributed by atoms with Crippen molar-refractivity contribution in [3.05, 3.63) is 60.4 Å². The SMILES string of the molecule is CCOc1cc(C(=O)N2CCN(c3ccccc3)CC2)cc2occc12. The molecule has 0 spiro atoms. The zero-order valence-corrected chi connectivity index (χ0v) is 14.9. The van der Waals surface area contributed by atoms with Crippen molar-refractivity contribution >= 4 is 22.6 Å². The Morgan fingerprint density at radius 1 is 1.08 bits per heavy atom. The number of rotatable bonds is 4. The second-order valence-electron chi connectivity index (χ2n) is 6.35. The molecule has 0 bridgehead atoms. The van der Waals surface area contributed by atoms with Crippen molar-refractivity contribution in [3.8, 4) is 5.75 Å². The van der Waals surface area contributed by atoms with Crippen molar-refractivity contribution in [1.29, 1.82) is 0 Å². The summed E-state index contributed by atoms with van der Waals surface area (Å²) in [5.74, 6) is 0.724. The van der Waals surface area contributed by atoms with Crippen molar-refractivity contribution in [2.24, 2.45) is 0 Å². The van der Waals surface area contributed by atoms with Crippen LogP contribution >= 0.6 is 0 Å². The molecule has 0 N–H and O–H groups in total. The lowest BCUT2D eigenvalue weighted by molar-refractivity contribution is 0.0746. The molecule has 3 aromatic rings. The van der Waals surface area contributed by atoms with Crippen LogP contribution in [0.25, 0.3) is 11.0 Å². The fourth-order valence-electron chi connectivity index (χ4n) is 3.43. The van der Waals surface area contributed by atoms with E-state index < -0.39 is 0 Å². The van der Waals surface area contributed by atoms with Gasteiger partial charge in [0.25, 0.3) is 5.91 Å². The molecule has 1 aliphatic rings.